The van der Waals surface area contributed by atoms with Gasteiger partial charge in [-0.15, -0.1) is 0 Å². The molecule has 98 valence electrons. The summed E-state index contributed by atoms with van der Waals surface area (Å²) in [5.74, 6) is -1.15. The van der Waals surface area contributed by atoms with Crippen molar-refractivity contribution < 1.29 is 14.3 Å². The van der Waals surface area contributed by atoms with Gasteiger partial charge in [0.2, 0.25) is 0 Å². The molecule has 3 nitrogen and oxygen atoms in total. The van der Waals surface area contributed by atoms with Gasteiger partial charge in [0.1, 0.15) is 0 Å². The second-order valence-electron chi connectivity index (χ2n) is 4.76. The number of hydrogen-bond donors (Lipinski definition) is 2. The van der Waals surface area contributed by atoms with E-state index < -0.39 is 11.7 Å². The Balaban J connectivity index is 1.98. The number of aliphatic hydroxyl groups excluding tert-OH is 1. The molecule has 0 saturated heterocycles. The van der Waals surface area contributed by atoms with Crippen LogP contribution in [0.2, 0.25) is 5.02 Å². The topological polar surface area (TPSA) is 49.3 Å². The van der Waals surface area contributed by atoms with Gasteiger partial charge >= 0.3 is 0 Å². The predicted octanol–water partition coefficient (Wildman–Crippen LogP) is 2.37. The lowest BCUT2D eigenvalue weighted by Gasteiger charge is -2.14. The Bertz CT molecular complexity index is 460. The fourth-order valence-corrected chi connectivity index (χ4v) is 2.15. The van der Waals surface area contributed by atoms with Crippen molar-refractivity contribution in [3.05, 3.63) is 34.6 Å². The van der Waals surface area contributed by atoms with E-state index in [1.165, 1.54) is 12.1 Å². The number of carbonyl (C=O) groups is 1. The number of halogens is 2. The summed E-state index contributed by atoms with van der Waals surface area (Å²) in [5, 5.41) is 11.6. The molecule has 1 aromatic carbocycles. The second-order valence-corrected chi connectivity index (χ2v) is 5.16. The van der Waals surface area contributed by atoms with Crippen molar-refractivity contribution in [2.45, 2.75) is 19.3 Å². The minimum absolute atomic E-state index is 0.0134. The van der Waals surface area contributed by atoms with E-state index in [2.05, 4.69) is 5.32 Å². The molecule has 2 N–H and O–H groups in total. The maximum Gasteiger partial charge on any atom is 0.254 e. The summed E-state index contributed by atoms with van der Waals surface area (Å²) in [5.41, 5.74) is -0.0262. The molecule has 0 aromatic heterocycles. The van der Waals surface area contributed by atoms with Crippen LogP contribution >= 0.6 is 11.6 Å². The maximum absolute atomic E-state index is 13.6. The number of nitrogens with one attached hydrogen (secondary N) is 1. The summed E-state index contributed by atoms with van der Waals surface area (Å²) >= 11 is 5.62. The lowest BCUT2D eigenvalue weighted by molar-refractivity contribution is 0.0937. The molecule has 1 aromatic rings. The van der Waals surface area contributed by atoms with E-state index in [0.29, 0.717) is 13.0 Å². The highest BCUT2D eigenvalue weighted by Gasteiger charge is 2.42. The third-order valence-corrected chi connectivity index (χ3v) is 3.71. The van der Waals surface area contributed by atoms with E-state index in [1.807, 2.05) is 0 Å². The van der Waals surface area contributed by atoms with Crippen molar-refractivity contribution in [2.24, 2.45) is 5.41 Å². The fraction of sp³-hybridized carbons (Fsp3) is 0.462. The van der Waals surface area contributed by atoms with Gasteiger partial charge in [-0.2, -0.15) is 0 Å². The Kier molecular flexibility index (Phi) is 3.88. The summed E-state index contributed by atoms with van der Waals surface area (Å²) in [6.45, 7) is 0.583. The van der Waals surface area contributed by atoms with E-state index in [9.17, 15) is 9.18 Å². The fourth-order valence-electron chi connectivity index (χ4n) is 1.97. The van der Waals surface area contributed by atoms with Crippen LogP contribution in [0.5, 0.6) is 0 Å². The second kappa shape index (κ2) is 5.24. The van der Waals surface area contributed by atoms with Crippen molar-refractivity contribution in [1.29, 1.82) is 0 Å². The zero-order valence-corrected chi connectivity index (χ0v) is 10.6. The molecule has 2 rings (SSSR count). The zero-order chi connectivity index (χ0) is 13.2. The Morgan fingerprint density at radius 1 is 1.50 bits per heavy atom. The number of benzene rings is 1. The van der Waals surface area contributed by atoms with E-state index in [0.717, 1.165) is 12.8 Å². The van der Waals surface area contributed by atoms with E-state index in [4.69, 9.17) is 16.7 Å². The first-order valence-corrected chi connectivity index (χ1v) is 6.29. The van der Waals surface area contributed by atoms with E-state index in [1.54, 1.807) is 6.07 Å². The standard InChI is InChI=1S/C13H15ClFNO2/c14-10-3-1-2-9(11(10)15)12(18)16-8-13(4-5-13)6-7-17/h1-3,17H,4-8H2,(H,16,18). The molecule has 0 aliphatic heterocycles. The average Bonchev–Trinajstić information content (AvgIpc) is 3.11. The molecule has 0 atom stereocenters. The van der Waals surface area contributed by atoms with Gasteiger partial charge in [0.25, 0.3) is 5.91 Å². The van der Waals surface area contributed by atoms with Gasteiger partial charge in [0.05, 0.1) is 10.6 Å². The van der Waals surface area contributed by atoms with E-state index in [-0.39, 0.29) is 22.6 Å². The monoisotopic (exact) mass is 271 g/mol. The normalized spacial score (nSPS) is 16.4. The molecule has 1 aliphatic carbocycles. The largest absolute Gasteiger partial charge is 0.396 e. The number of amides is 1. The third-order valence-electron chi connectivity index (χ3n) is 3.42. The highest BCUT2D eigenvalue weighted by molar-refractivity contribution is 6.31. The lowest BCUT2D eigenvalue weighted by Crippen LogP contribution is -2.31. The Hall–Kier alpha value is -1.13. The smallest absolute Gasteiger partial charge is 0.254 e. The van der Waals surface area contributed by atoms with Crippen molar-refractivity contribution >= 4 is 17.5 Å². The zero-order valence-electron chi connectivity index (χ0n) is 9.88. The van der Waals surface area contributed by atoms with Gasteiger partial charge in [0, 0.05) is 13.2 Å². The van der Waals surface area contributed by atoms with Gasteiger partial charge in [-0.05, 0) is 36.8 Å². The highest BCUT2D eigenvalue weighted by atomic mass is 35.5. The van der Waals surface area contributed by atoms with Crippen LogP contribution in [-0.4, -0.2) is 24.2 Å². The molecular weight excluding hydrogens is 257 g/mol. The van der Waals surface area contributed by atoms with Crippen LogP contribution in [0.4, 0.5) is 4.39 Å². The number of rotatable bonds is 5. The Morgan fingerprint density at radius 3 is 2.83 bits per heavy atom. The Morgan fingerprint density at radius 2 is 2.22 bits per heavy atom. The van der Waals surface area contributed by atoms with Gasteiger partial charge in [-0.3, -0.25) is 4.79 Å². The van der Waals surface area contributed by atoms with Crippen LogP contribution in [0.3, 0.4) is 0 Å². The van der Waals surface area contributed by atoms with E-state index >= 15 is 0 Å². The first-order valence-electron chi connectivity index (χ1n) is 5.91. The van der Waals surface area contributed by atoms with Crippen molar-refractivity contribution in [3.8, 4) is 0 Å². The molecule has 1 amide bonds. The predicted molar refractivity (Wildman–Crippen MR) is 67.1 cm³/mol. The molecule has 18 heavy (non-hydrogen) atoms. The summed E-state index contributed by atoms with van der Waals surface area (Å²) in [4.78, 5) is 11.8. The van der Waals surface area contributed by atoms with Crippen LogP contribution < -0.4 is 5.32 Å². The van der Waals surface area contributed by atoms with Gasteiger partial charge < -0.3 is 10.4 Å². The quantitative estimate of drug-likeness (QED) is 0.864. The summed E-state index contributed by atoms with van der Waals surface area (Å²) in [7, 11) is 0. The van der Waals surface area contributed by atoms with Crippen molar-refractivity contribution in [3.63, 3.8) is 0 Å². The van der Waals surface area contributed by atoms with Crippen LogP contribution in [0.25, 0.3) is 0 Å². The molecule has 0 radical (unpaired) electrons. The van der Waals surface area contributed by atoms with Crippen LogP contribution in [0.1, 0.15) is 29.6 Å². The molecule has 5 heteroatoms. The van der Waals surface area contributed by atoms with Gasteiger partial charge in [-0.25, -0.2) is 4.39 Å². The molecular formula is C13H15ClFNO2. The Labute approximate surface area is 110 Å². The average molecular weight is 272 g/mol. The molecule has 0 unspecified atom stereocenters. The molecule has 0 heterocycles. The summed E-state index contributed by atoms with van der Waals surface area (Å²) < 4.78 is 13.6. The molecule has 1 saturated carbocycles. The minimum Gasteiger partial charge on any atom is -0.396 e. The SMILES string of the molecule is O=C(NCC1(CCO)CC1)c1cccc(Cl)c1F. The maximum atomic E-state index is 13.6. The van der Waals surface area contributed by atoms with Crippen LogP contribution in [-0.2, 0) is 0 Å². The number of carbonyl (C=O) groups excluding carboxylic acids is 1. The van der Waals surface area contributed by atoms with Crippen molar-refractivity contribution in [1.82, 2.24) is 5.32 Å². The first kappa shape index (κ1) is 13.3. The van der Waals surface area contributed by atoms with Gasteiger partial charge in [-0.1, -0.05) is 17.7 Å². The molecule has 0 spiro atoms. The first-order chi connectivity index (χ1) is 8.58. The highest BCUT2D eigenvalue weighted by Crippen LogP contribution is 2.47. The lowest BCUT2D eigenvalue weighted by atomic mass is 10.0. The summed E-state index contributed by atoms with van der Waals surface area (Å²) in [6, 6.07) is 4.35. The molecule has 1 fully saturated rings. The number of aliphatic hydroxyl groups is 1. The minimum atomic E-state index is -0.691. The summed E-state index contributed by atoms with van der Waals surface area (Å²) in [6.07, 6.45) is 2.66. The third kappa shape index (κ3) is 2.82. The van der Waals surface area contributed by atoms with Crippen LogP contribution in [0.15, 0.2) is 18.2 Å². The number of hydrogen-bond acceptors (Lipinski definition) is 2. The van der Waals surface area contributed by atoms with Crippen LogP contribution in [0, 0.1) is 11.2 Å². The molecule has 1 aliphatic rings. The molecule has 0 bridgehead atoms. The van der Waals surface area contributed by atoms with Gasteiger partial charge in [0.15, 0.2) is 5.82 Å². The van der Waals surface area contributed by atoms with Crippen molar-refractivity contribution in [2.75, 3.05) is 13.2 Å².